The lowest BCUT2D eigenvalue weighted by Crippen LogP contribution is -2.28. The minimum Gasteiger partial charge on any atom is -0.346 e. The van der Waals surface area contributed by atoms with E-state index in [0.29, 0.717) is 28.8 Å². The maximum absolute atomic E-state index is 13.3. The molecule has 0 aliphatic rings. The lowest BCUT2D eigenvalue weighted by Gasteiger charge is -2.16. The number of nitro benzene ring substituents is 1. The molecule has 0 bridgehead atoms. The van der Waals surface area contributed by atoms with Gasteiger partial charge in [-0.25, -0.2) is 4.39 Å². The Labute approximate surface area is 221 Å². The minimum absolute atomic E-state index is 0.0186. The minimum atomic E-state index is -0.451. The molecule has 37 heavy (non-hydrogen) atoms. The molecule has 2 aromatic carbocycles. The zero-order chi connectivity index (χ0) is 26.6. The number of nitrogens with zero attached hydrogens (tertiary/aromatic N) is 4. The second kappa shape index (κ2) is 14.5. The second-order valence-electron chi connectivity index (χ2n) is 9.03. The van der Waals surface area contributed by atoms with Crippen LogP contribution in [-0.4, -0.2) is 25.6 Å². The number of non-ortho nitro benzene ring substituents is 1. The molecular weight excluding hydrogens is 493 g/mol. The van der Waals surface area contributed by atoms with Crippen LogP contribution in [-0.2, 0) is 10.5 Å². The molecule has 1 aromatic heterocycles. The van der Waals surface area contributed by atoms with Crippen LogP contribution < -0.4 is 5.32 Å². The number of unbranched alkanes of at least 4 members (excludes halogenated alkanes) is 6. The van der Waals surface area contributed by atoms with E-state index < -0.39 is 11.0 Å². The van der Waals surface area contributed by atoms with Crippen LogP contribution in [0.5, 0.6) is 0 Å². The van der Waals surface area contributed by atoms with E-state index in [0.717, 1.165) is 24.8 Å². The number of hydrogen-bond acceptors (Lipinski definition) is 6. The maximum Gasteiger partial charge on any atom is 0.269 e. The fourth-order valence-corrected chi connectivity index (χ4v) is 4.89. The molecule has 3 aromatic rings. The van der Waals surface area contributed by atoms with Gasteiger partial charge < -0.3 is 5.32 Å². The second-order valence-corrected chi connectivity index (χ2v) is 9.97. The van der Waals surface area contributed by atoms with Crippen LogP contribution in [0.2, 0.25) is 0 Å². The highest BCUT2D eigenvalue weighted by Crippen LogP contribution is 2.28. The Morgan fingerprint density at radius 3 is 2.32 bits per heavy atom. The van der Waals surface area contributed by atoms with Crippen molar-refractivity contribution in [3.63, 3.8) is 0 Å². The molecule has 0 aliphatic heterocycles. The third-order valence-corrected chi connectivity index (χ3v) is 7.03. The van der Waals surface area contributed by atoms with E-state index in [2.05, 4.69) is 22.4 Å². The molecule has 8 nitrogen and oxygen atoms in total. The fraction of sp³-hybridized carbons (Fsp3) is 0.444. The van der Waals surface area contributed by atoms with Crippen molar-refractivity contribution in [2.45, 2.75) is 82.2 Å². The summed E-state index contributed by atoms with van der Waals surface area (Å²) in [5, 5.41) is 23.4. The first kappa shape index (κ1) is 28.3. The van der Waals surface area contributed by atoms with E-state index in [-0.39, 0.29) is 17.4 Å². The Morgan fingerprint density at radius 2 is 1.68 bits per heavy atom. The van der Waals surface area contributed by atoms with Crippen LogP contribution >= 0.6 is 11.8 Å². The molecule has 0 spiro atoms. The SMILES string of the molecule is CCCCCCCCCC(=O)NC(C)c1nnc(SCc2ccc(F)cc2)n1-c1ccc([N+](=O)[O-])cc1. The molecule has 1 amide bonds. The van der Waals surface area contributed by atoms with Gasteiger partial charge >= 0.3 is 0 Å². The molecule has 10 heteroatoms. The number of aromatic nitrogens is 3. The van der Waals surface area contributed by atoms with E-state index >= 15 is 0 Å². The molecule has 1 N–H and O–H groups in total. The van der Waals surface area contributed by atoms with Crippen molar-refractivity contribution in [1.29, 1.82) is 0 Å². The Hall–Kier alpha value is -3.27. The smallest absolute Gasteiger partial charge is 0.269 e. The third-order valence-electron chi connectivity index (χ3n) is 6.03. The standard InChI is InChI=1S/C27H34FN5O3S/c1-3-4-5-6-7-8-9-10-25(34)29-20(2)26-30-31-27(37-19-21-11-13-22(28)14-12-21)32(26)23-15-17-24(18-16-23)33(35)36/h11-18,20H,3-10,19H2,1-2H3,(H,29,34). The average Bonchev–Trinajstić information content (AvgIpc) is 3.32. The number of nitro groups is 1. The van der Waals surface area contributed by atoms with Crippen molar-refractivity contribution in [2.24, 2.45) is 0 Å². The van der Waals surface area contributed by atoms with E-state index in [1.165, 1.54) is 61.7 Å². The lowest BCUT2D eigenvalue weighted by atomic mass is 10.1. The molecule has 0 saturated heterocycles. The van der Waals surface area contributed by atoms with E-state index in [9.17, 15) is 19.3 Å². The number of carbonyl (C=O) groups excluding carboxylic acids is 1. The van der Waals surface area contributed by atoms with Gasteiger partial charge in [-0.3, -0.25) is 19.5 Å². The Kier molecular flexibility index (Phi) is 11.1. The number of halogens is 1. The molecular formula is C27H34FN5O3S. The van der Waals surface area contributed by atoms with Crippen molar-refractivity contribution < 1.29 is 14.1 Å². The van der Waals surface area contributed by atoms with Crippen molar-refractivity contribution in [3.05, 3.63) is 75.9 Å². The van der Waals surface area contributed by atoms with Gasteiger partial charge in [-0.1, -0.05) is 69.3 Å². The Balaban J connectivity index is 1.70. The predicted molar refractivity (Wildman–Crippen MR) is 143 cm³/mol. The zero-order valence-corrected chi connectivity index (χ0v) is 22.2. The number of rotatable bonds is 15. The lowest BCUT2D eigenvalue weighted by molar-refractivity contribution is -0.384. The molecule has 198 valence electrons. The predicted octanol–water partition coefficient (Wildman–Crippen LogP) is 6.92. The Bertz CT molecular complexity index is 1150. The monoisotopic (exact) mass is 527 g/mol. The van der Waals surface area contributed by atoms with Crippen LogP contribution in [0.3, 0.4) is 0 Å². The molecule has 0 aliphatic carbocycles. The molecule has 0 saturated carbocycles. The highest BCUT2D eigenvalue weighted by atomic mass is 32.2. The van der Waals surface area contributed by atoms with Gasteiger partial charge in [-0.05, 0) is 43.2 Å². The van der Waals surface area contributed by atoms with Gasteiger partial charge in [-0.15, -0.1) is 10.2 Å². The molecule has 0 fully saturated rings. The van der Waals surface area contributed by atoms with Crippen molar-refractivity contribution in [3.8, 4) is 5.69 Å². The van der Waals surface area contributed by atoms with Gasteiger partial charge in [0.05, 0.1) is 11.0 Å². The molecule has 1 unspecified atom stereocenters. The normalized spacial score (nSPS) is 11.9. The van der Waals surface area contributed by atoms with Crippen molar-refractivity contribution in [1.82, 2.24) is 20.1 Å². The summed E-state index contributed by atoms with van der Waals surface area (Å²) >= 11 is 1.41. The number of thioether (sulfide) groups is 1. The summed E-state index contributed by atoms with van der Waals surface area (Å²) in [5.74, 6) is 0.721. The number of carbonyl (C=O) groups is 1. The van der Waals surface area contributed by atoms with Crippen LogP contribution in [0.25, 0.3) is 5.69 Å². The number of amides is 1. The molecule has 0 radical (unpaired) electrons. The van der Waals surface area contributed by atoms with Gasteiger partial charge in [0, 0.05) is 30.0 Å². The first-order chi connectivity index (χ1) is 17.9. The summed E-state index contributed by atoms with van der Waals surface area (Å²) in [6, 6.07) is 12.0. The van der Waals surface area contributed by atoms with Gasteiger partial charge in [0.2, 0.25) is 5.91 Å². The van der Waals surface area contributed by atoms with Crippen LogP contribution in [0.1, 0.15) is 82.6 Å². The van der Waals surface area contributed by atoms with E-state index in [1.807, 2.05) is 6.92 Å². The van der Waals surface area contributed by atoms with Crippen LogP contribution in [0.15, 0.2) is 53.7 Å². The zero-order valence-electron chi connectivity index (χ0n) is 21.4. The summed E-state index contributed by atoms with van der Waals surface area (Å²) in [4.78, 5) is 23.3. The highest BCUT2D eigenvalue weighted by molar-refractivity contribution is 7.98. The summed E-state index contributed by atoms with van der Waals surface area (Å²) in [6.07, 6.45) is 8.42. The van der Waals surface area contributed by atoms with Gasteiger partial charge in [0.15, 0.2) is 11.0 Å². The van der Waals surface area contributed by atoms with Crippen molar-refractivity contribution in [2.75, 3.05) is 0 Å². The quantitative estimate of drug-likeness (QED) is 0.0995. The third kappa shape index (κ3) is 8.66. The van der Waals surface area contributed by atoms with Gasteiger partial charge in [0.1, 0.15) is 5.82 Å². The molecule has 1 atom stereocenters. The fourth-order valence-electron chi connectivity index (χ4n) is 3.97. The highest BCUT2D eigenvalue weighted by Gasteiger charge is 2.21. The van der Waals surface area contributed by atoms with E-state index in [1.54, 1.807) is 28.8 Å². The van der Waals surface area contributed by atoms with E-state index in [4.69, 9.17) is 0 Å². The largest absolute Gasteiger partial charge is 0.346 e. The van der Waals surface area contributed by atoms with Crippen LogP contribution in [0, 0.1) is 15.9 Å². The number of nitrogens with one attached hydrogen (secondary N) is 1. The van der Waals surface area contributed by atoms with Gasteiger partial charge in [-0.2, -0.15) is 0 Å². The first-order valence-corrected chi connectivity index (χ1v) is 13.7. The Morgan fingerprint density at radius 1 is 1.03 bits per heavy atom. The topological polar surface area (TPSA) is 103 Å². The summed E-state index contributed by atoms with van der Waals surface area (Å²) < 4.78 is 15.1. The maximum atomic E-state index is 13.3. The average molecular weight is 528 g/mol. The molecule has 3 rings (SSSR count). The first-order valence-electron chi connectivity index (χ1n) is 12.8. The molecule has 1 heterocycles. The number of benzene rings is 2. The summed E-state index contributed by atoms with van der Waals surface area (Å²) in [6.45, 7) is 4.05. The summed E-state index contributed by atoms with van der Waals surface area (Å²) in [5.41, 5.74) is 1.55. The van der Waals surface area contributed by atoms with Crippen molar-refractivity contribution >= 4 is 23.4 Å². The number of hydrogen-bond donors (Lipinski definition) is 1. The van der Waals surface area contributed by atoms with Crippen LogP contribution in [0.4, 0.5) is 10.1 Å². The summed E-state index contributed by atoms with van der Waals surface area (Å²) in [7, 11) is 0. The van der Waals surface area contributed by atoms with Gasteiger partial charge in [0.25, 0.3) is 5.69 Å².